The van der Waals surface area contributed by atoms with Crippen LogP contribution in [0.5, 0.6) is 0 Å². The summed E-state index contributed by atoms with van der Waals surface area (Å²) in [6.07, 6.45) is 0.815. The number of aliphatic hydroxyl groups is 1. The lowest BCUT2D eigenvalue weighted by Crippen LogP contribution is -2.33. The van der Waals surface area contributed by atoms with Gasteiger partial charge in [0.25, 0.3) is 0 Å². The first-order valence-corrected chi connectivity index (χ1v) is 6.19. The van der Waals surface area contributed by atoms with Gasteiger partial charge in [-0.25, -0.2) is 8.42 Å². The minimum atomic E-state index is -4.23. The zero-order valence-corrected chi connectivity index (χ0v) is 9.46. The first-order valence-electron chi connectivity index (χ1n) is 4.62. The summed E-state index contributed by atoms with van der Waals surface area (Å²) in [6.45, 7) is 4.66. The van der Waals surface area contributed by atoms with Crippen LogP contribution in [-0.4, -0.2) is 48.6 Å². The first kappa shape index (κ1) is 13.8. The highest BCUT2D eigenvalue weighted by molar-refractivity contribution is 7.85. The highest BCUT2D eigenvalue weighted by atomic mass is 32.2. The third-order valence-corrected chi connectivity index (χ3v) is 2.46. The topological polar surface area (TPSA) is 80.7 Å². The van der Waals surface area contributed by atoms with E-state index in [1.807, 2.05) is 13.8 Å². The van der Waals surface area contributed by atoms with Crippen molar-refractivity contribution < 1.29 is 18.1 Å². The number of rotatable bonds is 7. The van der Waals surface area contributed by atoms with Crippen molar-refractivity contribution in [1.29, 1.82) is 0 Å². The predicted octanol–water partition coefficient (Wildman–Crippen LogP) is -0.170. The maximum atomic E-state index is 10.5. The van der Waals surface area contributed by atoms with E-state index in [2.05, 4.69) is 0 Å². The Morgan fingerprint density at radius 2 is 1.93 bits per heavy atom. The van der Waals surface area contributed by atoms with Crippen LogP contribution in [-0.2, 0) is 10.1 Å². The molecule has 0 aromatic carbocycles. The molecule has 0 spiro atoms. The predicted molar refractivity (Wildman–Crippen MR) is 52.7 cm³/mol. The van der Waals surface area contributed by atoms with Crippen LogP contribution >= 0.6 is 0 Å². The Kier molecular flexibility index (Phi) is 6.26. The lowest BCUT2D eigenvalue weighted by atomic mass is 10.1. The molecule has 0 saturated heterocycles. The molecule has 0 rings (SSSR count). The molecule has 0 atom stereocenters. The molecule has 0 heterocycles. The van der Waals surface area contributed by atoms with Crippen LogP contribution < -0.4 is 0 Å². The normalized spacial score (nSPS) is 12.7. The van der Waals surface area contributed by atoms with Crippen molar-refractivity contribution in [1.82, 2.24) is 4.90 Å². The summed E-state index contributed by atoms with van der Waals surface area (Å²) in [4.78, 5) is 1.46. The Balaban J connectivity index is 4.02. The fourth-order valence-electron chi connectivity index (χ4n) is 1.05. The van der Waals surface area contributed by atoms with Crippen molar-refractivity contribution in [2.75, 3.05) is 25.6 Å². The van der Waals surface area contributed by atoms with Crippen molar-refractivity contribution in [3.8, 4) is 0 Å². The van der Waals surface area contributed by atoms with Gasteiger partial charge >= 0.3 is 0 Å². The molecule has 0 saturated carbocycles. The zero-order chi connectivity index (χ0) is 11.2. The minimum absolute atomic E-state index is 0.131. The average Bonchev–Trinajstić information content (AvgIpc) is 1.98. The maximum absolute atomic E-state index is 10.5. The number of hydrogen-bond acceptors (Lipinski definition) is 5. The summed E-state index contributed by atoms with van der Waals surface area (Å²) in [5.41, 5.74) is 0. The molecule has 0 aromatic heterocycles. The maximum Gasteiger partial charge on any atom is 0.108 e. The molecular formula is C8H18NO4S-. The summed E-state index contributed by atoms with van der Waals surface area (Å²) in [7, 11) is -4.23. The quantitative estimate of drug-likeness (QED) is 0.607. The fourth-order valence-corrected chi connectivity index (χ4v) is 1.75. The van der Waals surface area contributed by atoms with Crippen LogP contribution in [0.4, 0.5) is 0 Å². The van der Waals surface area contributed by atoms with Crippen LogP contribution in [0.1, 0.15) is 20.3 Å². The SMILES string of the molecule is CC(C)CCN(CCO)CS(=O)(=O)[O-]. The zero-order valence-electron chi connectivity index (χ0n) is 8.64. The van der Waals surface area contributed by atoms with Crippen LogP contribution in [0.15, 0.2) is 0 Å². The van der Waals surface area contributed by atoms with Crippen molar-refractivity contribution >= 4 is 10.1 Å². The number of aliphatic hydroxyl groups excluding tert-OH is 1. The highest BCUT2D eigenvalue weighted by Crippen LogP contribution is 2.02. The lowest BCUT2D eigenvalue weighted by Gasteiger charge is -2.23. The van der Waals surface area contributed by atoms with Gasteiger partial charge in [0.1, 0.15) is 10.1 Å². The second-order valence-electron chi connectivity index (χ2n) is 3.71. The first-order chi connectivity index (χ1) is 6.35. The van der Waals surface area contributed by atoms with Crippen molar-refractivity contribution in [3.05, 3.63) is 0 Å². The van der Waals surface area contributed by atoms with Gasteiger partial charge in [0.2, 0.25) is 0 Å². The molecule has 1 N–H and O–H groups in total. The van der Waals surface area contributed by atoms with Crippen molar-refractivity contribution in [2.45, 2.75) is 20.3 Å². The van der Waals surface area contributed by atoms with Gasteiger partial charge in [-0.05, 0) is 18.9 Å². The average molecular weight is 224 g/mol. The molecule has 0 unspecified atom stereocenters. The Bertz CT molecular complexity index is 238. The molecule has 0 aliphatic heterocycles. The summed E-state index contributed by atoms with van der Waals surface area (Å²) in [5, 5.41) is 8.66. The number of hydrogen-bond donors (Lipinski definition) is 1. The Labute approximate surface area is 85.5 Å². The van der Waals surface area contributed by atoms with Gasteiger partial charge in [0.15, 0.2) is 0 Å². The molecule has 0 radical (unpaired) electrons. The fraction of sp³-hybridized carbons (Fsp3) is 1.00. The largest absolute Gasteiger partial charge is 0.747 e. The van der Waals surface area contributed by atoms with Crippen LogP contribution in [0.25, 0.3) is 0 Å². The minimum Gasteiger partial charge on any atom is -0.747 e. The standard InChI is InChI=1S/C8H19NO4S/c1-8(2)3-4-9(5-6-10)7-14(11,12)13/h8,10H,3-7H2,1-2H3,(H,11,12,13)/p-1. The third kappa shape index (κ3) is 8.43. The van der Waals surface area contributed by atoms with E-state index in [1.54, 1.807) is 0 Å². The Morgan fingerprint density at radius 1 is 1.36 bits per heavy atom. The van der Waals surface area contributed by atoms with E-state index in [1.165, 1.54) is 4.90 Å². The van der Waals surface area contributed by atoms with Gasteiger partial charge in [0, 0.05) is 6.54 Å². The van der Waals surface area contributed by atoms with E-state index >= 15 is 0 Å². The number of nitrogens with zero attached hydrogens (tertiary/aromatic N) is 1. The summed E-state index contributed by atoms with van der Waals surface area (Å²) >= 11 is 0. The highest BCUT2D eigenvalue weighted by Gasteiger charge is 2.08. The van der Waals surface area contributed by atoms with Gasteiger partial charge in [-0.1, -0.05) is 13.8 Å². The summed E-state index contributed by atoms with van der Waals surface area (Å²) in [6, 6.07) is 0. The van der Waals surface area contributed by atoms with Crippen LogP contribution in [0, 0.1) is 5.92 Å². The van der Waals surface area contributed by atoms with Crippen molar-refractivity contribution in [2.24, 2.45) is 5.92 Å². The van der Waals surface area contributed by atoms with Crippen LogP contribution in [0.2, 0.25) is 0 Å². The second kappa shape index (κ2) is 6.34. The molecule has 0 bridgehead atoms. The van der Waals surface area contributed by atoms with E-state index in [0.29, 0.717) is 12.5 Å². The van der Waals surface area contributed by atoms with Crippen LogP contribution in [0.3, 0.4) is 0 Å². The van der Waals surface area contributed by atoms with E-state index in [4.69, 9.17) is 5.11 Å². The molecule has 0 fully saturated rings. The van der Waals surface area contributed by atoms with E-state index < -0.39 is 16.0 Å². The van der Waals surface area contributed by atoms with E-state index in [0.717, 1.165) is 6.42 Å². The van der Waals surface area contributed by atoms with Gasteiger partial charge in [-0.2, -0.15) is 0 Å². The molecule has 86 valence electrons. The molecule has 0 amide bonds. The van der Waals surface area contributed by atoms with E-state index in [9.17, 15) is 13.0 Å². The molecule has 0 aliphatic carbocycles. The van der Waals surface area contributed by atoms with Gasteiger partial charge < -0.3 is 9.66 Å². The third-order valence-electron chi connectivity index (χ3n) is 1.78. The molecule has 0 aromatic rings. The summed E-state index contributed by atoms with van der Waals surface area (Å²) in [5.74, 6) is -0.0640. The molecule has 5 nitrogen and oxygen atoms in total. The van der Waals surface area contributed by atoms with Gasteiger partial charge in [0.05, 0.1) is 12.5 Å². The lowest BCUT2D eigenvalue weighted by molar-refractivity contribution is 0.204. The molecular weight excluding hydrogens is 206 g/mol. The summed E-state index contributed by atoms with van der Waals surface area (Å²) < 4.78 is 31.4. The van der Waals surface area contributed by atoms with E-state index in [-0.39, 0.29) is 13.2 Å². The Hall–Kier alpha value is -0.170. The smallest absolute Gasteiger partial charge is 0.108 e. The molecule has 0 aliphatic rings. The van der Waals surface area contributed by atoms with Crippen molar-refractivity contribution in [3.63, 3.8) is 0 Å². The Morgan fingerprint density at radius 3 is 2.29 bits per heavy atom. The van der Waals surface area contributed by atoms with Gasteiger partial charge in [-0.15, -0.1) is 0 Å². The molecule has 6 heteroatoms. The van der Waals surface area contributed by atoms with Gasteiger partial charge in [-0.3, -0.25) is 4.90 Å². The molecule has 14 heavy (non-hydrogen) atoms. The monoisotopic (exact) mass is 224 g/mol. The second-order valence-corrected chi connectivity index (χ2v) is 5.08.